The second kappa shape index (κ2) is 9.55. The lowest BCUT2D eigenvalue weighted by atomic mass is 10.1. The van der Waals surface area contributed by atoms with Crippen LogP contribution >= 0.6 is 11.3 Å². The number of anilines is 1. The molecule has 0 saturated carbocycles. The van der Waals surface area contributed by atoms with Gasteiger partial charge in [-0.2, -0.15) is 13.8 Å². The summed E-state index contributed by atoms with van der Waals surface area (Å²) in [4.78, 5) is 20.7. The molecule has 154 valence electrons. The summed E-state index contributed by atoms with van der Waals surface area (Å²) in [5.74, 6) is 1.17. The second-order valence-corrected chi connectivity index (χ2v) is 7.37. The molecule has 0 bridgehead atoms. The van der Waals surface area contributed by atoms with Crippen LogP contribution in [0, 0.1) is 0 Å². The Morgan fingerprint density at radius 1 is 1.28 bits per heavy atom. The number of amides is 1. The van der Waals surface area contributed by atoms with E-state index in [1.54, 1.807) is 23.6 Å². The van der Waals surface area contributed by atoms with Crippen LogP contribution in [-0.2, 0) is 11.2 Å². The molecule has 0 fully saturated rings. The zero-order valence-electron chi connectivity index (χ0n) is 15.9. The van der Waals surface area contributed by atoms with Crippen LogP contribution in [0.2, 0.25) is 0 Å². The number of carbonyl (C=O) groups is 1. The van der Waals surface area contributed by atoms with Gasteiger partial charge in [0.15, 0.2) is 11.0 Å². The first-order chi connectivity index (χ1) is 13.9. The monoisotopic (exact) mass is 422 g/mol. The maximum Gasteiger partial charge on any atom is 0.387 e. The molecule has 3 rings (SSSR count). The zero-order valence-corrected chi connectivity index (χ0v) is 16.7. The number of rotatable bonds is 9. The Labute approximate surface area is 170 Å². The van der Waals surface area contributed by atoms with E-state index < -0.39 is 6.61 Å². The van der Waals surface area contributed by atoms with Crippen LogP contribution in [0.1, 0.15) is 44.3 Å². The molecule has 0 aliphatic carbocycles. The molecule has 0 aliphatic rings. The molecule has 2 heterocycles. The predicted octanol–water partition coefficient (Wildman–Crippen LogP) is 4.88. The largest absolute Gasteiger partial charge is 0.434 e. The summed E-state index contributed by atoms with van der Waals surface area (Å²) in [5, 5.41) is 8.66. The van der Waals surface area contributed by atoms with Gasteiger partial charge in [-0.15, -0.1) is 11.3 Å². The number of nitrogens with one attached hydrogen (secondary N) is 1. The maximum atomic E-state index is 12.6. The molecule has 29 heavy (non-hydrogen) atoms. The average molecular weight is 422 g/mol. The molecule has 0 atom stereocenters. The van der Waals surface area contributed by atoms with Gasteiger partial charge in [0.1, 0.15) is 5.75 Å². The third-order valence-electron chi connectivity index (χ3n) is 3.92. The van der Waals surface area contributed by atoms with Crippen LogP contribution in [0.3, 0.4) is 0 Å². The van der Waals surface area contributed by atoms with Crippen molar-refractivity contribution in [3.63, 3.8) is 0 Å². The van der Waals surface area contributed by atoms with Crippen molar-refractivity contribution in [2.75, 3.05) is 5.32 Å². The highest BCUT2D eigenvalue weighted by Gasteiger charge is 2.15. The van der Waals surface area contributed by atoms with Gasteiger partial charge in [-0.1, -0.05) is 31.1 Å². The summed E-state index contributed by atoms with van der Waals surface area (Å²) < 4.78 is 34.8. The van der Waals surface area contributed by atoms with Crippen LogP contribution in [0.15, 0.2) is 34.2 Å². The Bertz CT molecular complexity index is 958. The number of halogens is 2. The minimum absolute atomic E-state index is 0.0333. The van der Waals surface area contributed by atoms with E-state index in [2.05, 4.69) is 25.2 Å². The quantitative estimate of drug-likeness (QED) is 0.529. The zero-order chi connectivity index (χ0) is 20.8. The van der Waals surface area contributed by atoms with Gasteiger partial charge >= 0.3 is 6.61 Å². The summed E-state index contributed by atoms with van der Waals surface area (Å²) >= 11 is 1.21. The van der Waals surface area contributed by atoms with Gasteiger partial charge in [0.05, 0.1) is 5.69 Å². The van der Waals surface area contributed by atoms with Gasteiger partial charge < -0.3 is 14.6 Å². The van der Waals surface area contributed by atoms with E-state index in [9.17, 15) is 13.6 Å². The highest BCUT2D eigenvalue weighted by Crippen LogP contribution is 2.33. The first kappa shape index (κ1) is 20.8. The molecule has 10 heteroatoms. The van der Waals surface area contributed by atoms with Crippen LogP contribution in [0.5, 0.6) is 5.75 Å². The van der Waals surface area contributed by atoms with E-state index in [0.717, 1.165) is 0 Å². The van der Waals surface area contributed by atoms with Crippen LogP contribution in [-0.4, -0.2) is 27.6 Å². The minimum atomic E-state index is -2.93. The topological polar surface area (TPSA) is 90.1 Å². The van der Waals surface area contributed by atoms with Crippen molar-refractivity contribution >= 4 is 22.4 Å². The van der Waals surface area contributed by atoms with Crippen LogP contribution in [0.4, 0.5) is 13.9 Å². The molecule has 3 aromatic rings. The molecule has 0 radical (unpaired) electrons. The number of alkyl halides is 2. The highest BCUT2D eigenvalue weighted by molar-refractivity contribution is 7.14. The Hall–Kier alpha value is -2.88. The lowest BCUT2D eigenvalue weighted by Gasteiger charge is -2.08. The normalized spacial score (nSPS) is 11.2. The second-order valence-electron chi connectivity index (χ2n) is 6.52. The number of ether oxygens (including phenoxy) is 1. The van der Waals surface area contributed by atoms with Crippen molar-refractivity contribution in [1.82, 2.24) is 15.1 Å². The Morgan fingerprint density at radius 2 is 2.07 bits per heavy atom. The third kappa shape index (κ3) is 5.80. The molecule has 1 aromatic carbocycles. The third-order valence-corrected chi connectivity index (χ3v) is 4.68. The fraction of sp³-hybridized carbons (Fsp3) is 0.368. The molecule has 0 spiro atoms. The molecule has 1 N–H and O–H groups in total. The lowest BCUT2D eigenvalue weighted by Crippen LogP contribution is -2.11. The first-order valence-electron chi connectivity index (χ1n) is 9.04. The minimum Gasteiger partial charge on any atom is -0.434 e. The number of thiazole rings is 1. The van der Waals surface area contributed by atoms with Gasteiger partial charge in [-0.3, -0.25) is 4.79 Å². The molecular weight excluding hydrogens is 402 g/mol. The number of benzene rings is 1. The van der Waals surface area contributed by atoms with Gasteiger partial charge in [0, 0.05) is 29.7 Å². The average Bonchev–Trinajstić information content (AvgIpc) is 3.31. The van der Waals surface area contributed by atoms with Crippen molar-refractivity contribution in [2.45, 2.75) is 45.6 Å². The van der Waals surface area contributed by atoms with E-state index in [1.807, 2.05) is 13.8 Å². The number of nitrogens with zero attached hydrogens (tertiary/aromatic N) is 3. The molecule has 1 amide bonds. The fourth-order valence-electron chi connectivity index (χ4n) is 2.52. The number of hydrogen-bond acceptors (Lipinski definition) is 7. The van der Waals surface area contributed by atoms with E-state index >= 15 is 0 Å². The van der Waals surface area contributed by atoms with Gasteiger partial charge in [0.25, 0.3) is 0 Å². The molecular formula is C19H20F2N4O3S. The van der Waals surface area contributed by atoms with Crippen molar-refractivity contribution in [1.29, 1.82) is 0 Å². The number of para-hydroxylation sites is 1. The van der Waals surface area contributed by atoms with Gasteiger partial charge in [-0.25, -0.2) is 4.98 Å². The number of aromatic nitrogens is 3. The number of hydrogen-bond donors (Lipinski definition) is 1. The Kier molecular flexibility index (Phi) is 6.86. The summed E-state index contributed by atoms with van der Waals surface area (Å²) in [5.41, 5.74) is 0.885. The predicted molar refractivity (Wildman–Crippen MR) is 104 cm³/mol. The maximum absolute atomic E-state index is 12.6. The lowest BCUT2D eigenvalue weighted by molar-refractivity contribution is -0.116. The summed E-state index contributed by atoms with van der Waals surface area (Å²) in [7, 11) is 0. The van der Waals surface area contributed by atoms with E-state index in [1.165, 1.54) is 17.4 Å². The van der Waals surface area contributed by atoms with Gasteiger partial charge in [0.2, 0.25) is 11.8 Å². The van der Waals surface area contributed by atoms with E-state index in [-0.39, 0.29) is 24.0 Å². The molecule has 0 unspecified atom stereocenters. The number of carbonyl (C=O) groups excluding carboxylic acids is 1. The highest BCUT2D eigenvalue weighted by atomic mass is 32.1. The molecule has 2 aromatic heterocycles. The molecule has 0 saturated heterocycles. The Morgan fingerprint density at radius 3 is 2.79 bits per heavy atom. The van der Waals surface area contributed by atoms with Crippen molar-refractivity contribution in [3.8, 4) is 17.0 Å². The van der Waals surface area contributed by atoms with Gasteiger partial charge in [-0.05, 0) is 18.6 Å². The van der Waals surface area contributed by atoms with E-state index in [4.69, 9.17) is 4.52 Å². The Balaban J connectivity index is 1.54. The number of aryl methyl sites for hydroxylation is 1. The van der Waals surface area contributed by atoms with Crippen molar-refractivity contribution in [2.24, 2.45) is 0 Å². The summed E-state index contributed by atoms with van der Waals surface area (Å²) in [6.45, 7) is 1.02. The summed E-state index contributed by atoms with van der Waals surface area (Å²) in [6, 6.07) is 6.38. The smallest absolute Gasteiger partial charge is 0.387 e. The van der Waals surface area contributed by atoms with Crippen LogP contribution in [0.25, 0.3) is 11.3 Å². The van der Waals surface area contributed by atoms with Crippen LogP contribution < -0.4 is 10.1 Å². The molecule has 7 nitrogen and oxygen atoms in total. The first-order valence-corrected chi connectivity index (χ1v) is 9.92. The van der Waals surface area contributed by atoms with Crippen molar-refractivity contribution < 1.29 is 22.8 Å². The van der Waals surface area contributed by atoms with Crippen molar-refractivity contribution in [3.05, 3.63) is 41.4 Å². The summed E-state index contributed by atoms with van der Waals surface area (Å²) in [6.07, 6.45) is 1.32. The molecule has 0 aliphatic heterocycles. The fourth-order valence-corrected chi connectivity index (χ4v) is 3.24. The SMILES string of the molecule is CC(C)c1noc(CCCC(=O)Nc2nc(-c3ccccc3OC(F)F)cs2)n1. The van der Waals surface area contributed by atoms with E-state index in [0.29, 0.717) is 40.9 Å². The standard InChI is InChI=1S/C19H20F2N4O3S/c1-11(2)17-24-16(28-25-17)9-5-8-15(26)23-19-22-13(10-29-19)12-6-3-4-7-14(12)27-18(20)21/h3-4,6-7,10-11,18H,5,8-9H2,1-2H3,(H,22,23,26).